The highest BCUT2D eigenvalue weighted by atomic mass is 35.5. The van der Waals surface area contributed by atoms with Crippen molar-refractivity contribution < 1.29 is 4.79 Å². The van der Waals surface area contributed by atoms with Gasteiger partial charge in [0.2, 0.25) is 5.91 Å². The summed E-state index contributed by atoms with van der Waals surface area (Å²) in [6.07, 6.45) is 5.47. The number of halogens is 1. The van der Waals surface area contributed by atoms with Crippen molar-refractivity contribution in [1.29, 1.82) is 0 Å². The first-order valence-electron chi connectivity index (χ1n) is 9.18. The van der Waals surface area contributed by atoms with Crippen LogP contribution in [-0.2, 0) is 11.2 Å². The molecule has 142 valence electrons. The first-order chi connectivity index (χ1) is 12.8. The Morgan fingerprint density at radius 1 is 1.11 bits per heavy atom. The molecule has 2 atom stereocenters. The van der Waals surface area contributed by atoms with Crippen LogP contribution in [0, 0.1) is 0 Å². The Kier molecular flexibility index (Phi) is 6.42. The SMILES string of the molecule is Cl.O=C(NCCCc1nnc2ccccn12)[C@H]1CC[C@H](c2ccccc2)N1. The van der Waals surface area contributed by atoms with Crippen LogP contribution in [-0.4, -0.2) is 33.1 Å². The van der Waals surface area contributed by atoms with Crippen molar-refractivity contribution in [3.63, 3.8) is 0 Å². The van der Waals surface area contributed by atoms with Crippen LogP contribution in [0.15, 0.2) is 54.7 Å². The zero-order chi connectivity index (χ0) is 17.8. The van der Waals surface area contributed by atoms with E-state index in [1.54, 1.807) is 0 Å². The van der Waals surface area contributed by atoms with Crippen LogP contribution in [0.25, 0.3) is 5.65 Å². The van der Waals surface area contributed by atoms with Crippen LogP contribution < -0.4 is 10.6 Å². The van der Waals surface area contributed by atoms with Gasteiger partial charge in [0.1, 0.15) is 5.82 Å². The molecule has 2 N–H and O–H groups in total. The number of pyridine rings is 1. The van der Waals surface area contributed by atoms with Gasteiger partial charge in [0.25, 0.3) is 0 Å². The van der Waals surface area contributed by atoms with Gasteiger partial charge in [-0.3, -0.25) is 14.5 Å². The van der Waals surface area contributed by atoms with Crippen molar-refractivity contribution in [3.05, 3.63) is 66.1 Å². The molecular weight excluding hydrogens is 362 g/mol. The molecule has 7 heteroatoms. The molecule has 0 bridgehead atoms. The monoisotopic (exact) mass is 385 g/mol. The average molecular weight is 386 g/mol. The zero-order valence-corrected chi connectivity index (χ0v) is 15.9. The molecule has 3 heterocycles. The Morgan fingerprint density at radius 3 is 2.78 bits per heavy atom. The van der Waals surface area contributed by atoms with Crippen LogP contribution >= 0.6 is 12.4 Å². The smallest absolute Gasteiger partial charge is 0.237 e. The molecule has 0 unspecified atom stereocenters. The number of nitrogens with zero attached hydrogens (tertiary/aromatic N) is 3. The lowest BCUT2D eigenvalue weighted by molar-refractivity contribution is -0.122. The summed E-state index contributed by atoms with van der Waals surface area (Å²) in [5.41, 5.74) is 2.11. The fourth-order valence-corrected chi connectivity index (χ4v) is 3.54. The second-order valence-corrected chi connectivity index (χ2v) is 6.70. The lowest BCUT2D eigenvalue weighted by Crippen LogP contribution is -2.41. The van der Waals surface area contributed by atoms with E-state index in [9.17, 15) is 4.79 Å². The zero-order valence-electron chi connectivity index (χ0n) is 15.0. The lowest BCUT2D eigenvalue weighted by Gasteiger charge is -2.14. The summed E-state index contributed by atoms with van der Waals surface area (Å²) >= 11 is 0. The highest BCUT2D eigenvalue weighted by Crippen LogP contribution is 2.26. The summed E-state index contributed by atoms with van der Waals surface area (Å²) < 4.78 is 1.99. The molecular formula is C20H24ClN5O. The van der Waals surface area contributed by atoms with E-state index in [0.29, 0.717) is 6.54 Å². The molecule has 0 aliphatic carbocycles. The number of benzene rings is 1. The van der Waals surface area contributed by atoms with Crippen LogP contribution in [0.4, 0.5) is 0 Å². The number of nitrogens with one attached hydrogen (secondary N) is 2. The molecule has 2 aromatic heterocycles. The van der Waals surface area contributed by atoms with E-state index in [2.05, 4.69) is 33.0 Å². The minimum absolute atomic E-state index is 0. The van der Waals surface area contributed by atoms with E-state index in [4.69, 9.17) is 0 Å². The summed E-state index contributed by atoms with van der Waals surface area (Å²) in [5, 5.41) is 14.9. The lowest BCUT2D eigenvalue weighted by atomic mass is 10.1. The maximum atomic E-state index is 12.4. The Bertz CT molecular complexity index is 882. The molecule has 0 radical (unpaired) electrons. The molecule has 1 amide bonds. The quantitative estimate of drug-likeness (QED) is 0.640. The highest BCUT2D eigenvalue weighted by molar-refractivity contribution is 5.85. The van der Waals surface area contributed by atoms with Gasteiger partial charge in [0.15, 0.2) is 5.65 Å². The summed E-state index contributed by atoms with van der Waals surface area (Å²) in [7, 11) is 0. The summed E-state index contributed by atoms with van der Waals surface area (Å²) in [6.45, 7) is 0.648. The number of hydrogen-bond donors (Lipinski definition) is 2. The van der Waals surface area contributed by atoms with Gasteiger partial charge >= 0.3 is 0 Å². The number of carbonyl (C=O) groups is 1. The van der Waals surface area contributed by atoms with Crippen molar-refractivity contribution in [2.45, 2.75) is 37.8 Å². The maximum Gasteiger partial charge on any atom is 0.237 e. The first kappa shape index (κ1) is 19.3. The van der Waals surface area contributed by atoms with Gasteiger partial charge < -0.3 is 5.32 Å². The van der Waals surface area contributed by atoms with Crippen molar-refractivity contribution in [2.75, 3.05) is 6.54 Å². The average Bonchev–Trinajstić information content (AvgIpc) is 3.33. The van der Waals surface area contributed by atoms with Gasteiger partial charge in [-0.2, -0.15) is 0 Å². The molecule has 0 saturated carbocycles. The standard InChI is InChI=1S/C20H23N5O.ClH/c26-20(17-12-11-16(22-17)15-7-2-1-3-8-15)21-13-6-10-19-24-23-18-9-4-5-14-25(18)19;/h1-5,7-9,14,16-17,22H,6,10-13H2,(H,21,26);1H/t16-,17-;/m1./s1. The minimum Gasteiger partial charge on any atom is -0.355 e. The van der Waals surface area contributed by atoms with E-state index in [0.717, 1.165) is 37.2 Å². The molecule has 0 spiro atoms. The molecule has 1 aliphatic heterocycles. The fourth-order valence-electron chi connectivity index (χ4n) is 3.54. The largest absolute Gasteiger partial charge is 0.355 e. The number of hydrogen-bond acceptors (Lipinski definition) is 4. The van der Waals surface area contributed by atoms with Gasteiger partial charge in [-0.05, 0) is 37.0 Å². The Morgan fingerprint density at radius 2 is 1.93 bits per heavy atom. The van der Waals surface area contributed by atoms with Gasteiger partial charge in [-0.15, -0.1) is 22.6 Å². The van der Waals surface area contributed by atoms with Crippen LogP contribution in [0.1, 0.15) is 36.7 Å². The number of fused-ring (bicyclic) bond motifs is 1. The fraction of sp³-hybridized carbons (Fsp3) is 0.350. The van der Waals surface area contributed by atoms with Gasteiger partial charge in [-0.1, -0.05) is 36.4 Å². The molecule has 1 aliphatic rings. The van der Waals surface area contributed by atoms with Crippen LogP contribution in [0.2, 0.25) is 0 Å². The molecule has 1 saturated heterocycles. The normalized spacial score (nSPS) is 19.0. The van der Waals surface area contributed by atoms with Crippen molar-refractivity contribution in [2.24, 2.45) is 0 Å². The van der Waals surface area contributed by atoms with Gasteiger partial charge in [0.05, 0.1) is 6.04 Å². The molecule has 3 aromatic rings. The second-order valence-electron chi connectivity index (χ2n) is 6.70. The molecule has 27 heavy (non-hydrogen) atoms. The van der Waals surface area contributed by atoms with Crippen molar-refractivity contribution in [3.8, 4) is 0 Å². The Labute approximate surface area is 164 Å². The maximum absolute atomic E-state index is 12.4. The number of aromatic nitrogens is 3. The summed E-state index contributed by atoms with van der Waals surface area (Å²) in [4.78, 5) is 12.4. The topological polar surface area (TPSA) is 71.3 Å². The predicted molar refractivity (Wildman–Crippen MR) is 107 cm³/mol. The number of amides is 1. The van der Waals surface area contributed by atoms with Crippen molar-refractivity contribution >= 4 is 24.0 Å². The van der Waals surface area contributed by atoms with Crippen LogP contribution in [0.3, 0.4) is 0 Å². The van der Waals surface area contributed by atoms with Gasteiger partial charge in [0, 0.05) is 25.2 Å². The number of carbonyl (C=O) groups excluding carboxylic acids is 1. The summed E-state index contributed by atoms with van der Waals surface area (Å²) in [5.74, 6) is 1.02. The highest BCUT2D eigenvalue weighted by Gasteiger charge is 2.29. The van der Waals surface area contributed by atoms with E-state index >= 15 is 0 Å². The minimum atomic E-state index is -0.103. The van der Waals surface area contributed by atoms with E-state index in [1.807, 2.05) is 47.0 Å². The van der Waals surface area contributed by atoms with E-state index in [-0.39, 0.29) is 30.4 Å². The number of aryl methyl sites for hydroxylation is 1. The van der Waals surface area contributed by atoms with E-state index < -0.39 is 0 Å². The third kappa shape index (κ3) is 4.46. The second kappa shape index (κ2) is 8.97. The van der Waals surface area contributed by atoms with Gasteiger partial charge in [-0.25, -0.2) is 0 Å². The third-order valence-electron chi connectivity index (χ3n) is 4.93. The Hall–Kier alpha value is -2.44. The Balaban J connectivity index is 0.00000210. The van der Waals surface area contributed by atoms with E-state index in [1.165, 1.54) is 5.56 Å². The molecule has 6 nitrogen and oxygen atoms in total. The van der Waals surface area contributed by atoms with Crippen molar-refractivity contribution in [1.82, 2.24) is 25.2 Å². The molecule has 4 rings (SSSR count). The predicted octanol–water partition coefficient (Wildman–Crippen LogP) is 2.69. The molecule has 1 fully saturated rings. The van der Waals surface area contributed by atoms with Crippen LogP contribution in [0.5, 0.6) is 0 Å². The number of rotatable bonds is 6. The molecule has 1 aromatic carbocycles. The first-order valence-corrected chi connectivity index (χ1v) is 9.18. The third-order valence-corrected chi connectivity index (χ3v) is 4.93. The summed E-state index contributed by atoms with van der Waals surface area (Å²) in [6, 6.07) is 16.3.